The molecule has 1 rings (SSSR count). The molecule has 27 heavy (non-hydrogen) atoms. The van der Waals surface area contributed by atoms with Crippen LogP contribution in [0.5, 0.6) is 0 Å². The SMILES string of the molecule is CC[C@H](C)[C@@H](NC(=O)COC(=O)c1cc(S(C)(=O)=O)ccc1Cl)C(=O)OC. The molecule has 0 aromatic heterocycles. The Morgan fingerprint density at radius 3 is 2.41 bits per heavy atom. The van der Waals surface area contributed by atoms with Crippen molar-refractivity contribution in [3.8, 4) is 0 Å². The number of sulfone groups is 1. The van der Waals surface area contributed by atoms with Crippen LogP contribution in [0.3, 0.4) is 0 Å². The third-order valence-electron chi connectivity index (χ3n) is 3.90. The van der Waals surface area contributed by atoms with Gasteiger partial charge in [-0.2, -0.15) is 0 Å². The van der Waals surface area contributed by atoms with Crippen LogP contribution in [0, 0.1) is 5.92 Å². The van der Waals surface area contributed by atoms with E-state index in [1.165, 1.54) is 19.2 Å². The molecule has 0 fully saturated rings. The standard InChI is InChI=1S/C17H22ClNO7S/c1-5-10(2)15(17(22)25-3)19-14(20)9-26-16(21)12-8-11(27(4,23)24)6-7-13(12)18/h6-8,10,15H,5,9H2,1-4H3,(H,19,20)/t10-,15+/m0/s1. The lowest BCUT2D eigenvalue weighted by Crippen LogP contribution is -2.47. The molecular formula is C17H22ClNO7S. The van der Waals surface area contributed by atoms with Gasteiger partial charge in [-0.25, -0.2) is 18.0 Å². The van der Waals surface area contributed by atoms with Crippen molar-refractivity contribution in [2.45, 2.75) is 31.2 Å². The van der Waals surface area contributed by atoms with Gasteiger partial charge in [0, 0.05) is 6.26 Å². The average Bonchev–Trinajstić information content (AvgIpc) is 2.62. The number of hydrogen-bond donors (Lipinski definition) is 1. The van der Waals surface area contributed by atoms with E-state index < -0.39 is 40.3 Å². The molecule has 0 heterocycles. The zero-order valence-electron chi connectivity index (χ0n) is 15.4. The van der Waals surface area contributed by atoms with Gasteiger partial charge < -0.3 is 14.8 Å². The van der Waals surface area contributed by atoms with Gasteiger partial charge >= 0.3 is 11.9 Å². The average molecular weight is 420 g/mol. The molecule has 10 heteroatoms. The Bertz CT molecular complexity index is 823. The van der Waals surface area contributed by atoms with Crippen molar-refractivity contribution >= 4 is 39.3 Å². The summed E-state index contributed by atoms with van der Waals surface area (Å²) in [6, 6.07) is 2.72. The highest BCUT2D eigenvalue weighted by atomic mass is 35.5. The minimum atomic E-state index is -3.54. The first-order valence-corrected chi connectivity index (χ1v) is 10.3. The molecule has 0 aliphatic rings. The topological polar surface area (TPSA) is 116 Å². The van der Waals surface area contributed by atoms with Crippen LogP contribution in [-0.4, -0.2) is 52.3 Å². The zero-order valence-corrected chi connectivity index (χ0v) is 17.0. The summed E-state index contributed by atoms with van der Waals surface area (Å²) >= 11 is 5.90. The number of benzene rings is 1. The second-order valence-electron chi connectivity index (χ2n) is 5.94. The van der Waals surface area contributed by atoms with E-state index in [0.717, 1.165) is 12.3 Å². The number of amides is 1. The summed E-state index contributed by atoms with van der Waals surface area (Å²) in [7, 11) is -2.34. The third kappa shape index (κ3) is 6.51. The molecule has 1 amide bonds. The molecule has 0 aliphatic carbocycles. The highest BCUT2D eigenvalue weighted by molar-refractivity contribution is 7.90. The van der Waals surface area contributed by atoms with Gasteiger partial charge in [0.15, 0.2) is 16.4 Å². The molecule has 0 radical (unpaired) electrons. The fourth-order valence-corrected chi connectivity index (χ4v) is 2.95. The van der Waals surface area contributed by atoms with E-state index >= 15 is 0 Å². The Kier molecular flexibility index (Phi) is 8.23. The highest BCUT2D eigenvalue weighted by Crippen LogP contribution is 2.21. The van der Waals surface area contributed by atoms with Crippen LogP contribution in [0.15, 0.2) is 23.1 Å². The number of methoxy groups -OCH3 is 1. The second-order valence-corrected chi connectivity index (χ2v) is 8.37. The number of carbonyl (C=O) groups is 3. The number of ether oxygens (including phenoxy) is 2. The van der Waals surface area contributed by atoms with Gasteiger partial charge in [-0.3, -0.25) is 4.79 Å². The summed E-state index contributed by atoms with van der Waals surface area (Å²) < 4.78 is 32.7. The van der Waals surface area contributed by atoms with Crippen LogP contribution in [-0.2, 0) is 28.9 Å². The number of carbonyl (C=O) groups excluding carboxylic acids is 3. The second kappa shape index (κ2) is 9.70. The first-order valence-electron chi connectivity index (χ1n) is 8.05. The highest BCUT2D eigenvalue weighted by Gasteiger charge is 2.27. The van der Waals surface area contributed by atoms with Crippen molar-refractivity contribution in [1.82, 2.24) is 5.32 Å². The van der Waals surface area contributed by atoms with Crippen LogP contribution in [0.25, 0.3) is 0 Å². The Hall–Kier alpha value is -2.13. The van der Waals surface area contributed by atoms with E-state index in [0.29, 0.717) is 6.42 Å². The van der Waals surface area contributed by atoms with Crippen molar-refractivity contribution < 1.29 is 32.3 Å². The quantitative estimate of drug-likeness (QED) is 0.636. The van der Waals surface area contributed by atoms with Crippen molar-refractivity contribution in [3.63, 3.8) is 0 Å². The van der Waals surface area contributed by atoms with Gasteiger partial charge in [0.25, 0.3) is 5.91 Å². The Morgan fingerprint density at radius 2 is 1.89 bits per heavy atom. The molecule has 0 spiro atoms. The number of nitrogens with one attached hydrogen (secondary N) is 1. The summed E-state index contributed by atoms with van der Waals surface area (Å²) in [5.74, 6) is -2.45. The molecule has 0 bridgehead atoms. The van der Waals surface area contributed by atoms with E-state index in [9.17, 15) is 22.8 Å². The largest absolute Gasteiger partial charge is 0.467 e. The molecule has 2 atom stereocenters. The fraction of sp³-hybridized carbons (Fsp3) is 0.471. The predicted molar refractivity (Wildman–Crippen MR) is 98.2 cm³/mol. The minimum Gasteiger partial charge on any atom is -0.467 e. The van der Waals surface area contributed by atoms with Crippen LogP contribution in [0.4, 0.5) is 0 Å². The van der Waals surface area contributed by atoms with Crippen molar-refractivity contribution in [2.24, 2.45) is 5.92 Å². The maximum absolute atomic E-state index is 12.1. The first-order chi connectivity index (χ1) is 12.5. The van der Waals surface area contributed by atoms with E-state index in [2.05, 4.69) is 10.1 Å². The number of rotatable bonds is 8. The van der Waals surface area contributed by atoms with Gasteiger partial charge in [-0.15, -0.1) is 0 Å². The number of halogens is 1. The van der Waals surface area contributed by atoms with Gasteiger partial charge in [-0.05, 0) is 24.1 Å². The van der Waals surface area contributed by atoms with E-state index in [1.807, 2.05) is 6.92 Å². The molecule has 1 N–H and O–H groups in total. The van der Waals surface area contributed by atoms with E-state index in [1.54, 1.807) is 6.92 Å². The molecule has 0 aliphatic heterocycles. The lowest BCUT2D eigenvalue weighted by Gasteiger charge is -2.21. The first kappa shape index (κ1) is 22.9. The maximum atomic E-state index is 12.1. The summed E-state index contributed by atoms with van der Waals surface area (Å²) in [6.07, 6.45) is 1.61. The Labute approximate surface area is 163 Å². The Morgan fingerprint density at radius 1 is 1.26 bits per heavy atom. The molecule has 1 aromatic carbocycles. The monoisotopic (exact) mass is 419 g/mol. The molecular weight excluding hydrogens is 398 g/mol. The van der Waals surface area contributed by atoms with E-state index in [4.69, 9.17) is 16.3 Å². The maximum Gasteiger partial charge on any atom is 0.340 e. The lowest BCUT2D eigenvalue weighted by atomic mass is 9.99. The van der Waals surface area contributed by atoms with Gasteiger partial charge in [0.05, 0.1) is 22.6 Å². The molecule has 0 saturated heterocycles. The van der Waals surface area contributed by atoms with Crippen LogP contribution in [0.2, 0.25) is 5.02 Å². The van der Waals surface area contributed by atoms with E-state index in [-0.39, 0.29) is 21.4 Å². The van der Waals surface area contributed by atoms with Crippen molar-refractivity contribution in [3.05, 3.63) is 28.8 Å². The van der Waals surface area contributed by atoms with Crippen molar-refractivity contribution in [1.29, 1.82) is 0 Å². The number of hydrogen-bond acceptors (Lipinski definition) is 7. The summed E-state index contributed by atoms with van der Waals surface area (Å²) in [6.45, 7) is 2.95. The Balaban J connectivity index is 2.82. The van der Waals surface area contributed by atoms with Gasteiger partial charge in [0.2, 0.25) is 0 Å². The minimum absolute atomic E-state index is 0.0140. The third-order valence-corrected chi connectivity index (χ3v) is 5.34. The number of esters is 2. The normalized spacial score (nSPS) is 13.4. The molecule has 0 unspecified atom stereocenters. The molecule has 150 valence electrons. The van der Waals surface area contributed by atoms with Crippen LogP contribution >= 0.6 is 11.6 Å². The lowest BCUT2D eigenvalue weighted by molar-refractivity contribution is -0.147. The molecule has 1 aromatic rings. The van der Waals surface area contributed by atoms with Gasteiger partial charge in [-0.1, -0.05) is 31.9 Å². The summed E-state index contributed by atoms with van der Waals surface area (Å²) in [5, 5.41) is 2.44. The van der Waals surface area contributed by atoms with Gasteiger partial charge in [0.1, 0.15) is 6.04 Å². The zero-order chi connectivity index (χ0) is 20.8. The van der Waals surface area contributed by atoms with Crippen molar-refractivity contribution in [2.75, 3.05) is 20.0 Å². The fourth-order valence-electron chi connectivity index (χ4n) is 2.11. The summed E-state index contributed by atoms with van der Waals surface area (Å²) in [5.41, 5.74) is -0.182. The summed E-state index contributed by atoms with van der Waals surface area (Å²) in [4.78, 5) is 35.8. The predicted octanol–water partition coefficient (Wildman–Crippen LogP) is 1.60. The van der Waals surface area contributed by atoms with Crippen LogP contribution in [0.1, 0.15) is 30.6 Å². The molecule has 8 nitrogen and oxygen atoms in total. The smallest absolute Gasteiger partial charge is 0.340 e. The molecule has 0 saturated carbocycles. The van der Waals surface area contributed by atoms with Crippen LogP contribution < -0.4 is 5.32 Å².